The molecule has 84 valence electrons. The van der Waals surface area contributed by atoms with Crippen molar-refractivity contribution in [2.75, 3.05) is 6.61 Å². The minimum atomic E-state index is 0.288. The molecule has 15 heavy (non-hydrogen) atoms. The minimum Gasteiger partial charge on any atom is -0.396 e. The molecule has 1 rings (SSSR count). The highest BCUT2D eigenvalue weighted by molar-refractivity contribution is 5.25. The number of rotatable bonds is 6. The van der Waals surface area contributed by atoms with Gasteiger partial charge in [0, 0.05) is 19.2 Å². The van der Waals surface area contributed by atoms with Crippen molar-refractivity contribution in [3.8, 4) is 0 Å². The van der Waals surface area contributed by atoms with E-state index in [4.69, 9.17) is 5.11 Å². The summed E-state index contributed by atoms with van der Waals surface area (Å²) in [6, 6.07) is 8.89. The Labute approximate surface area is 92.3 Å². The predicted octanol–water partition coefficient (Wildman–Crippen LogP) is 2.25. The predicted molar refractivity (Wildman–Crippen MR) is 63.8 cm³/mol. The van der Waals surface area contributed by atoms with E-state index < -0.39 is 0 Å². The SMILES string of the molecule is Cc1ccccc1CNC(C)CCCO. The van der Waals surface area contributed by atoms with Gasteiger partial charge in [0.15, 0.2) is 0 Å². The topological polar surface area (TPSA) is 32.3 Å². The Bertz CT molecular complexity index is 286. The van der Waals surface area contributed by atoms with Crippen LogP contribution in [0, 0.1) is 6.92 Å². The zero-order valence-corrected chi connectivity index (χ0v) is 9.66. The fraction of sp³-hybridized carbons (Fsp3) is 0.538. The fourth-order valence-corrected chi connectivity index (χ4v) is 1.59. The molecule has 0 saturated heterocycles. The first-order valence-electron chi connectivity index (χ1n) is 5.62. The van der Waals surface area contributed by atoms with Crippen molar-refractivity contribution in [3.63, 3.8) is 0 Å². The van der Waals surface area contributed by atoms with E-state index in [9.17, 15) is 0 Å². The summed E-state index contributed by atoms with van der Waals surface area (Å²) in [6.07, 6.45) is 1.91. The van der Waals surface area contributed by atoms with Gasteiger partial charge in [0.05, 0.1) is 0 Å². The summed E-state index contributed by atoms with van der Waals surface area (Å²) in [5, 5.41) is 12.2. The first kappa shape index (κ1) is 12.2. The highest BCUT2D eigenvalue weighted by Gasteiger charge is 2.02. The molecule has 0 fully saturated rings. The van der Waals surface area contributed by atoms with Gasteiger partial charge in [-0.05, 0) is 37.8 Å². The van der Waals surface area contributed by atoms with Gasteiger partial charge in [-0.1, -0.05) is 24.3 Å². The Kier molecular flexibility index (Phi) is 5.37. The molecule has 2 nitrogen and oxygen atoms in total. The van der Waals surface area contributed by atoms with Crippen molar-refractivity contribution in [2.24, 2.45) is 0 Å². The summed E-state index contributed by atoms with van der Waals surface area (Å²) in [5.41, 5.74) is 2.69. The minimum absolute atomic E-state index is 0.288. The molecule has 0 aliphatic rings. The van der Waals surface area contributed by atoms with Crippen molar-refractivity contribution in [2.45, 2.75) is 39.3 Å². The van der Waals surface area contributed by atoms with Crippen LogP contribution in [-0.4, -0.2) is 17.8 Å². The fourth-order valence-electron chi connectivity index (χ4n) is 1.59. The van der Waals surface area contributed by atoms with Crippen LogP contribution in [0.25, 0.3) is 0 Å². The Morgan fingerprint density at radius 1 is 1.33 bits per heavy atom. The molecule has 0 radical (unpaired) electrons. The third-order valence-corrected chi connectivity index (χ3v) is 2.70. The Morgan fingerprint density at radius 3 is 2.73 bits per heavy atom. The number of hydrogen-bond acceptors (Lipinski definition) is 2. The lowest BCUT2D eigenvalue weighted by atomic mass is 10.1. The summed E-state index contributed by atoms with van der Waals surface area (Å²) >= 11 is 0. The van der Waals surface area contributed by atoms with Crippen molar-refractivity contribution < 1.29 is 5.11 Å². The van der Waals surface area contributed by atoms with E-state index in [0.29, 0.717) is 6.04 Å². The van der Waals surface area contributed by atoms with Crippen LogP contribution in [0.2, 0.25) is 0 Å². The molecule has 2 N–H and O–H groups in total. The van der Waals surface area contributed by atoms with E-state index in [1.54, 1.807) is 0 Å². The molecule has 1 aromatic carbocycles. The summed E-state index contributed by atoms with van der Waals surface area (Å²) < 4.78 is 0. The van der Waals surface area contributed by atoms with E-state index in [-0.39, 0.29) is 6.61 Å². The quantitative estimate of drug-likeness (QED) is 0.750. The Balaban J connectivity index is 2.33. The number of aryl methyl sites for hydroxylation is 1. The number of benzene rings is 1. The lowest BCUT2D eigenvalue weighted by Gasteiger charge is -2.14. The zero-order valence-electron chi connectivity index (χ0n) is 9.66. The molecule has 1 aromatic rings. The molecular weight excluding hydrogens is 186 g/mol. The molecule has 0 aromatic heterocycles. The molecule has 0 saturated carbocycles. The van der Waals surface area contributed by atoms with Crippen LogP contribution < -0.4 is 5.32 Å². The Hall–Kier alpha value is -0.860. The van der Waals surface area contributed by atoms with Gasteiger partial charge in [-0.25, -0.2) is 0 Å². The molecule has 2 heteroatoms. The zero-order chi connectivity index (χ0) is 11.1. The maximum Gasteiger partial charge on any atom is 0.0431 e. The molecule has 0 aliphatic carbocycles. The molecule has 0 spiro atoms. The first-order chi connectivity index (χ1) is 7.24. The third kappa shape index (κ3) is 4.45. The van der Waals surface area contributed by atoms with Crippen molar-refractivity contribution in [3.05, 3.63) is 35.4 Å². The Morgan fingerprint density at radius 2 is 2.07 bits per heavy atom. The van der Waals surface area contributed by atoms with Gasteiger partial charge in [-0.15, -0.1) is 0 Å². The molecular formula is C13H21NO. The van der Waals surface area contributed by atoms with Gasteiger partial charge in [-0.2, -0.15) is 0 Å². The van der Waals surface area contributed by atoms with Crippen LogP contribution in [0.3, 0.4) is 0 Å². The van der Waals surface area contributed by atoms with Crippen LogP contribution in [0.1, 0.15) is 30.9 Å². The number of aliphatic hydroxyl groups excluding tert-OH is 1. The maximum absolute atomic E-state index is 8.72. The van der Waals surface area contributed by atoms with Crippen molar-refractivity contribution in [1.82, 2.24) is 5.32 Å². The maximum atomic E-state index is 8.72. The summed E-state index contributed by atoms with van der Waals surface area (Å²) in [6.45, 7) is 5.50. The lowest BCUT2D eigenvalue weighted by molar-refractivity contribution is 0.276. The van der Waals surface area contributed by atoms with E-state index >= 15 is 0 Å². The van der Waals surface area contributed by atoms with Crippen LogP contribution in [0.5, 0.6) is 0 Å². The average molecular weight is 207 g/mol. The summed E-state index contributed by atoms with van der Waals surface area (Å²) in [4.78, 5) is 0. The van der Waals surface area contributed by atoms with Gasteiger partial charge in [0.2, 0.25) is 0 Å². The van der Waals surface area contributed by atoms with Crippen LogP contribution >= 0.6 is 0 Å². The second-order valence-electron chi connectivity index (χ2n) is 4.07. The molecule has 0 heterocycles. The van der Waals surface area contributed by atoms with Crippen LogP contribution in [0.15, 0.2) is 24.3 Å². The van der Waals surface area contributed by atoms with Gasteiger partial charge in [0.25, 0.3) is 0 Å². The summed E-state index contributed by atoms with van der Waals surface area (Å²) in [7, 11) is 0. The smallest absolute Gasteiger partial charge is 0.0431 e. The van der Waals surface area contributed by atoms with Crippen molar-refractivity contribution >= 4 is 0 Å². The second-order valence-corrected chi connectivity index (χ2v) is 4.07. The first-order valence-corrected chi connectivity index (χ1v) is 5.62. The molecule has 1 atom stereocenters. The average Bonchev–Trinajstić information content (AvgIpc) is 2.25. The highest BCUT2D eigenvalue weighted by Crippen LogP contribution is 2.07. The molecule has 0 amide bonds. The standard InChI is InChI=1S/C13H21NO/c1-11-6-3-4-8-13(11)10-14-12(2)7-5-9-15/h3-4,6,8,12,14-15H,5,7,9-10H2,1-2H3. The van der Waals surface area contributed by atoms with Gasteiger partial charge in [-0.3, -0.25) is 0 Å². The van der Waals surface area contributed by atoms with E-state index in [2.05, 4.69) is 43.4 Å². The van der Waals surface area contributed by atoms with Gasteiger partial charge < -0.3 is 10.4 Å². The molecule has 1 unspecified atom stereocenters. The van der Waals surface area contributed by atoms with E-state index in [1.807, 2.05) is 0 Å². The largest absolute Gasteiger partial charge is 0.396 e. The summed E-state index contributed by atoms with van der Waals surface area (Å²) in [5.74, 6) is 0. The van der Waals surface area contributed by atoms with E-state index in [1.165, 1.54) is 11.1 Å². The molecule has 0 bridgehead atoms. The van der Waals surface area contributed by atoms with E-state index in [0.717, 1.165) is 19.4 Å². The number of nitrogens with one attached hydrogen (secondary N) is 1. The second kappa shape index (κ2) is 6.59. The monoisotopic (exact) mass is 207 g/mol. The normalized spacial score (nSPS) is 12.7. The number of hydrogen-bond donors (Lipinski definition) is 2. The van der Waals surface area contributed by atoms with Crippen LogP contribution in [0.4, 0.5) is 0 Å². The molecule has 0 aliphatic heterocycles. The third-order valence-electron chi connectivity index (χ3n) is 2.70. The number of aliphatic hydroxyl groups is 1. The lowest BCUT2D eigenvalue weighted by Crippen LogP contribution is -2.25. The van der Waals surface area contributed by atoms with Gasteiger partial charge in [0.1, 0.15) is 0 Å². The highest BCUT2D eigenvalue weighted by atomic mass is 16.2. The van der Waals surface area contributed by atoms with Crippen molar-refractivity contribution in [1.29, 1.82) is 0 Å². The van der Waals surface area contributed by atoms with Gasteiger partial charge >= 0.3 is 0 Å². The van der Waals surface area contributed by atoms with Crippen LogP contribution in [-0.2, 0) is 6.54 Å².